The van der Waals surface area contributed by atoms with Gasteiger partial charge in [0.25, 0.3) is 0 Å². The van der Waals surface area contributed by atoms with E-state index in [-0.39, 0.29) is 18.7 Å². The highest BCUT2D eigenvalue weighted by Gasteiger charge is 2.34. The molecule has 0 amide bonds. The van der Waals surface area contributed by atoms with Crippen LogP contribution in [-0.4, -0.2) is 63.0 Å². The van der Waals surface area contributed by atoms with E-state index in [2.05, 4.69) is 37.5 Å². The van der Waals surface area contributed by atoms with E-state index in [4.69, 9.17) is 9.47 Å². The maximum absolute atomic E-state index is 15.0. The van der Waals surface area contributed by atoms with Crippen LogP contribution in [0, 0.1) is 5.82 Å². The SMILES string of the molecule is Fc1ccccc1[C@@H](c1nnnn1C1CCCC1)N1CCN(Cc2ccc3c(c2)OCO3)CC1. The van der Waals surface area contributed by atoms with Gasteiger partial charge in [0.2, 0.25) is 6.79 Å². The molecule has 8 nitrogen and oxygen atoms in total. The number of hydrogen-bond acceptors (Lipinski definition) is 7. The molecule has 1 atom stereocenters. The summed E-state index contributed by atoms with van der Waals surface area (Å²) < 4.78 is 27.9. The minimum absolute atomic E-state index is 0.212. The van der Waals surface area contributed by atoms with E-state index in [1.54, 1.807) is 6.07 Å². The van der Waals surface area contributed by atoms with E-state index in [0.717, 1.165) is 62.9 Å². The number of nitrogens with zero attached hydrogens (tertiary/aromatic N) is 6. The number of halogens is 1. The smallest absolute Gasteiger partial charge is 0.231 e. The lowest BCUT2D eigenvalue weighted by Crippen LogP contribution is -2.48. The molecule has 3 aromatic rings. The fourth-order valence-electron chi connectivity index (χ4n) is 5.46. The van der Waals surface area contributed by atoms with Crippen molar-refractivity contribution in [2.24, 2.45) is 0 Å². The topological polar surface area (TPSA) is 68.5 Å². The zero-order valence-corrected chi connectivity index (χ0v) is 19.1. The Morgan fingerprint density at radius 3 is 2.59 bits per heavy atom. The Morgan fingerprint density at radius 2 is 1.76 bits per heavy atom. The van der Waals surface area contributed by atoms with Gasteiger partial charge in [-0.1, -0.05) is 37.1 Å². The largest absolute Gasteiger partial charge is 0.454 e. The number of piperazine rings is 1. The van der Waals surface area contributed by atoms with Gasteiger partial charge in [0.05, 0.1) is 6.04 Å². The van der Waals surface area contributed by atoms with Gasteiger partial charge in [-0.25, -0.2) is 9.07 Å². The summed E-state index contributed by atoms with van der Waals surface area (Å²) in [4.78, 5) is 4.75. The van der Waals surface area contributed by atoms with Crippen LogP contribution in [-0.2, 0) is 6.54 Å². The van der Waals surface area contributed by atoms with Crippen LogP contribution in [0.4, 0.5) is 4.39 Å². The maximum Gasteiger partial charge on any atom is 0.231 e. The van der Waals surface area contributed by atoms with Crippen molar-refractivity contribution >= 4 is 0 Å². The van der Waals surface area contributed by atoms with Gasteiger partial charge in [-0.15, -0.1) is 5.10 Å². The lowest BCUT2D eigenvalue weighted by molar-refractivity contribution is 0.0980. The van der Waals surface area contributed by atoms with Crippen LogP contribution >= 0.6 is 0 Å². The van der Waals surface area contributed by atoms with Gasteiger partial charge >= 0.3 is 0 Å². The van der Waals surface area contributed by atoms with Crippen LogP contribution in [0.25, 0.3) is 0 Å². The first-order valence-corrected chi connectivity index (χ1v) is 12.1. The highest BCUT2D eigenvalue weighted by atomic mass is 19.1. The molecule has 9 heteroatoms. The third kappa shape index (κ3) is 4.14. The highest BCUT2D eigenvalue weighted by molar-refractivity contribution is 5.44. The first-order chi connectivity index (χ1) is 16.8. The molecule has 1 saturated heterocycles. The molecule has 6 rings (SSSR count). The van der Waals surface area contributed by atoms with Gasteiger partial charge in [0.15, 0.2) is 17.3 Å². The van der Waals surface area contributed by atoms with Crippen molar-refractivity contribution in [2.75, 3.05) is 33.0 Å². The van der Waals surface area contributed by atoms with Gasteiger partial charge < -0.3 is 9.47 Å². The number of benzene rings is 2. The van der Waals surface area contributed by atoms with E-state index >= 15 is 4.39 Å². The summed E-state index contributed by atoms with van der Waals surface area (Å²) in [5.74, 6) is 2.16. The third-order valence-corrected chi connectivity index (χ3v) is 7.25. The fraction of sp³-hybridized carbons (Fsp3) is 0.480. The van der Waals surface area contributed by atoms with Crippen LogP contribution in [0.1, 0.15) is 54.7 Å². The molecule has 0 radical (unpaired) electrons. The first kappa shape index (κ1) is 21.5. The molecule has 0 bridgehead atoms. The maximum atomic E-state index is 15.0. The Morgan fingerprint density at radius 1 is 0.971 bits per heavy atom. The van der Waals surface area contributed by atoms with Crippen molar-refractivity contribution in [1.29, 1.82) is 0 Å². The van der Waals surface area contributed by atoms with Gasteiger partial charge in [-0.3, -0.25) is 9.80 Å². The van der Waals surface area contributed by atoms with Crippen LogP contribution in [0.3, 0.4) is 0 Å². The fourth-order valence-corrected chi connectivity index (χ4v) is 5.46. The normalized spacial score (nSPS) is 20.1. The van der Waals surface area contributed by atoms with Crippen molar-refractivity contribution in [3.8, 4) is 11.5 Å². The number of rotatable bonds is 6. The summed E-state index contributed by atoms with van der Waals surface area (Å²) in [6.45, 7) is 4.50. The molecule has 1 aromatic heterocycles. The van der Waals surface area contributed by atoms with E-state index in [9.17, 15) is 0 Å². The molecule has 34 heavy (non-hydrogen) atoms. The molecule has 1 aliphatic carbocycles. The summed E-state index contributed by atoms with van der Waals surface area (Å²) in [5.41, 5.74) is 1.84. The van der Waals surface area contributed by atoms with E-state index in [1.807, 2.05) is 22.9 Å². The second kappa shape index (κ2) is 9.31. The predicted octanol–water partition coefficient (Wildman–Crippen LogP) is 3.56. The minimum atomic E-state index is -0.301. The average Bonchev–Trinajstić information content (AvgIpc) is 3.63. The zero-order chi connectivity index (χ0) is 22.9. The van der Waals surface area contributed by atoms with Crippen LogP contribution < -0.4 is 9.47 Å². The van der Waals surface area contributed by atoms with Crippen molar-refractivity contribution < 1.29 is 13.9 Å². The predicted molar refractivity (Wildman–Crippen MR) is 123 cm³/mol. The molecule has 2 fully saturated rings. The molecular formula is C25H29FN6O2. The van der Waals surface area contributed by atoms with Gasteiger partial charge in [-0.2, -0.15) is 0 Å². The Kier molecular flexibility index (Phi) is 5.88. The summed E-state index contributed by atoms with van der Waals surface area (Å²) in [6, 6.07) is 13.2. The highest BCUT2D eigenvalue weighted by Crippen LogP contribution is 2.36. The van der Waals surface area contributed by atoms with Crippen molar-refractivity contribution in [3.05, 3.63) is 65.2 Å². The molecule has 178 valence electrons. The third-order valence-electron chi connectivity index (χ3n) is 7.25. The standard InChI is InChI=1S/C25H29FN6O2/c26-21-8-4-3-7-20(21)24(25-27-28-29-32(25)19-5-1-2-6-19)31-13-11-30(12-14-31)16-18-9-10-22-23(15-18)34-17-33-22/h3-4,7-10,15,19,24H,1-2,5-6,11-14,16-17H2/t24-/m0/s1. The molecular weight excluding hydrogens is 435 g/mol. The van der Waals surface area contributed by atoms with Crippen LogP contribution in [0.15, 0.2) is 42.5 Å². The summed E-state index contributed by atoms with van der Waals surface area (Å²) in [5, 5.41) is 12.8. The molecule has 2 aliphatic heterocycles. The van der Waals surface area contributed by atoms with Gasteiger partial charge in [-0.05, 0) is 47.0 Å². The van der Waals surface area contributed by atoms with Crippen molar-refractivity contribution in [1.82, 2.24) is 30.0 Å². The van der Waals surface area contributed by atoms with Crippen LogP contribution in [0.5, 0.6) is 11.5 Å². The molecule has 0 N–H and O–H groups in total. The lowest BCUT2D eigenvalue weighted by atomic mass is 10.0. The summed E-state index contributed by atoms with van der Waals surface area (Å²) in [6.07, 6.45) is 4.52. The molecule has 3 aliphatic rings. The molecule has 3 heterocycles. The number of fused-ring (bicyclic) bond motifs is 1. The Labute approximate surface area is 198 Å². The van der Waals surface area contributed by atoms with E-state index in [1.165, 1.54) is 24.5 Å². The molecule has 0 spiro atoms. The molecule has 0 unspecified atom stereocenters. The summed E-state index contributed by atoms with van der Waals surface area (Å²) >= 11 is 0. The zero-order valence-electron chi connectivity index (χ0n) is 19.1. The van der Waals surface area contributed by atoms with E-state index < -0.39 is 0 Å². The monoisotopic (exact) mass is 464 g/mol. The Hall–Kier alpha value is -3.04. The molecule has 2 aromatic carbocycles. The first-order valence-electron chi connectivity index (χ1n) is 12.1. The quantitative estimate of drug-likeness (QED) is 0.553. The summed E-state index contributed by atoms with van der Waals surface area (Å²) in [7, 11) is 0. The van der Waals surface area contributed by atoms with Gasteiger partial charge in [0.1, 0.15) is 11.9 Å². The number of hydrogen-bond donors (Lipinski definition) is 0. The Bertz CT molecular complexity index is 1140. The van der Waals surface area contributed by atoms with Gasteiger partial charge in [0, 0.05) is 38.3 Å². The van der Waals surface area contributed by atoms with E-state index in [0.29, 0.717) is 11.6 Å². The van der Waals surface area contributed by atoms with Crippen LogP contribution in [0.2, 0.25) is 0 Å². The number of ether oxygens (including phenoxy) is 2. The Balaban J connectivity index is 1.21. The lowest BCUT2D eigenvalue weighted by Gasteiger charge is -2.39. The minimum Gasteiger partial charge on any atom is -0.454 e. The molecule has 1 saturated carbocycles. The van der Waals surface area contributed by atoms with Crippen molar-refractivity contribution in [3.63, 3.8) is 0 Å². The average molecular weight is 465 g/mol. The number of aromatic nitrogens is 4. The number of tetrazole rings is 1. The second-order valence-corrected chi connectivity index (χ2v) is 9.34. The van der Waals surface area contributed by atoms with Crippen molar-refractivity contribution in [2.45, 2.75) is 44.3 Å². The second-order valence-electron chi connectivity index (χ2n) is 9.34.